The first kappa shape index (κ1) is 12.2. The van der Waals surface area contributed by atoms with Gasteiger partial charge in [-0.3, -0.25) is 4.79 Å². The van der Waals surface area contributed by atoms with Gasteiger partial charge >= 0.3 is 0 Å². The quantitative estimate of drug-likeness (QED) is 0.776. The van der Waals surface area contributed by atoms with Crippen molar-refractivity contribution in [2.45, 2.75) is 18.9 Å². The van der Waals surface area contributed by atoms with Crippen LogP contribution in [0.3, 0.4) is 0 Å². The first-order valence-electron chi connectivity index (χ1n) is 5.96. The van der Waals surface area contributed by atoms with E-state index < -0.39 is 0 Å². The molecule has 0 radical (unpaired) electrons. The van der Waals surface area contributed by atoms with E-state index in [4.69, 9.17) is 10.5 Å². The average molecular weight is 244 g/mol. The molecule has 0 spiro atoms. The maximum atomic E-state index is 11.7. The third kappa shape index (κ3) is 3.12. The van der Waals surface area contributed by atoms with Crippen LogP contribution in [0.25, 0.3) is 0 Å². The Bertz CT molecular complexity index is 244. The van der Waals surface area contributed by atoms with E-state index in [1.165, 1.54) is 24.3 Å². The van der Waals surface area contributed by atoms with Crippen LogP contribution in [0.2, 0.25) is 0 Å². The van der Waals surface area contributed by atoms with Gasteiger partial charge in [-0.2, -0.15) is 11.8 Å². The second-order valence-corrected chi connectivity index (χ2v) is 5.70. The largest absolute Gasteiger partial charge is 0.365 e. The van der Waals surface area contributed by atoms with Gasteiger partial charge in [-0.1, -0.05) is 0 Å². The summed E-state index contributed by atoms with van der Waals surface area (Å²) in [7, 11) is 0. The van der Waals surface area contributed by atoms with Crippen LogP contribution < -0.4 is 5.73 Å². The standard InChI is InChI=1S/C11H20N2O2S/c12-4-10-6-13(11(14)7-15-10)5-9-2-1-3-16-8-9/h9-10H,1-8,12H2. The molecule has 0 aromatic carbocycles. The van der Waals surface area contributed by atoms with E-state index in [2.05, 4.69) is 0 Å². The molecule has 0 aliphatic carbocycles. The Kier molecular flexibility index (Phi) is 4.49. The molecule has 2 N–H and O–H groups in total. The molecule has 0 aromatic rings. The Morgan fingerprint density at radius 2 is 2.44 bits per heavy atom. The van der Waals surface area contributed by atoms with Crippen LogP contribution >= 0.6 is 11.8 Å². The molecule has 0 bridgehead atoms. The predicted octanol–water partition coefficient (Wildman–Crippen LogP) is 0.316. The lowest BCUT2D eigenvalue weighted by molar-refractivity contribution is -0.149. The van der Waals surface area contributed by atoms with Gasteiger partial charge in [0.25, 0.3) is 0 Å². The second-order valence-electron chi connectivity index (χ2n) is 4.55. The van der Waals surface area contributed by atoms with Crippen LogP contribution in [0.5, 0.6) is 0 Å². The van der Waals surface area contributed by atoms with Crippen molar-refractivity contribution in [1.29, 1.82) is 0 Å². The van der Waals surface area contributed by atoms with E-state index in [0.717, 1.165) is 6.54 Å². The van der Waals surface area contributed by atoms with E-state index in [0.29, 0.717) is 19.0 Å². The number of hydrogen-bond donors (Lipinski definition) is 1. The minimum atomic E-state index is 0.0361. The number of carbonyl (C=O) groups is 1. The molecule has 4 nitrogen and oxygen atoms in total. The minimum Gasteiger partial charge on any atom is -0.365 e. The molecule has 2 atom stereocenters. The molecule has 2 saturated heterocycles. The van der Waals surface area contributed by atoms with Crippen molar-refractivity contribution in [3.8, 4) is 0 Å². The summed E-state index contributed by atoms with van der Waals surface area (Å²) in [6.07, 6.45) is 2.58. The van der Waals surface area contributed by atoms with Gasteiger partial charge < -0.3 is 15.4 Å². The molecule has 2 heterocycles. The predicted molar refractivity (Wildman–Crippen MR) is 65.4 cm³/mol. The van der Waals surface area contributed by atoms with Crippen molar-refractivity contribution >= 4 is 17.7 Å². The zero-order chi connectivity index (χ0) is 11.4. The number of rotatable bonds is 3. The van der Waals surface area contributed by atoms with E-state index in [1.807, 2.05) is 16.7 Å². The van der Waals surface area contributed by atoms with Crippen molar-refractivity contribution in [2.24, 2.45) is 11.7 Å². The monoisotopic (exact) mass is 244 g/mol. The van der Waals surface area contributed by atoms with Gasteiger partial charge in [-0.05, 0) is 30.3 Å². The number of ether oxygens (including phenoxy) is 1. The lowest BCUT2D eigenvalue weighted by atomic mass is 10.0. The number of thioether (sulfide) groups is 1. The molecular weight excluding hydrogens is 224 g/mol. The summed E-state index contributed by atoms with van der Waals surface area (Å²) in [4.78, 5) is 13.6. The van der Waals surface area contributed by atoms with Crippen molar-refractivity contribution in [2.75, 3.05) is 37.7 Å². The van der Waals surface area contributed by atoms with Gasteiger partial charge in [0.2, 0.25) is 5.91 Å². The molecule has 2 rings (SSSR count). The topological polar surface area (TPSA) is 55.6 Å². The Hall–Kier alpha value is -0.260. The van der Waals surface area contributed by atoms with Crippen LogP contribution in [-0.2, 0) is 9.53 Å². The molecule has 92 valence electrons. The number of nitrogens with zero attached hydrogens (tertiary/aromatic N) is 1. The normalized spacial score (nSPS) is 31.8. The van der Waals surface area contributed by atoms with Gasteiger partial charge in [-0.15, -0.1) is 0 Å². The molecule has 2 aliphatic heterocycles. The zero-order valence-electron chi connectivity index (χ0n) is 9.56. The highest BCUT2D eigenvalue weighted by Gasteiger charge is 2.27. The fraction of sp³-hybridized carbons (Fsp3) is 0.909. The Morgan fingerprint density at radius 3 is 3.12 bits per heavy atom. The highest BCUT2D eigenvalue weighted by Crippen LogP contribution is 2.24. The fourth-order valence-corrected chi connectivity index (χ4v) is 3.41. The summed E-state index contributed by atoms with van der Waals surface area (Å²) in [6.45, 7) is 2.28. The van der Waals surface area contributed by atoms with E-state index in [9.17, 15) is 4.79 Å². The lowest BCUT2D eigenvalue weighted by Gasteiger charge is -2.35. The summed E-state index contributed by atoms with van der Waals surface area (Å²) < 4.78 is 5.34. The number of amides is 1. The summed E-state index contributed by atoms with van der Waals surface area (Å²) in [6, 6.07) is 0. The smallest absolute Gasteiger partial charge is 0.248 e. The fourth-order valence-electron chi connectivity index (χ4n) is 2.26. The summed E-state index contributed by atoms with van der Waals surface area (Å²) in [5.41, 5.74) is 5.58. The second kappa shape index (κ2) is 5.89. The first-order valence-corrected chi connectivity index (χ1v) is 7.12. The molecule has 2 aliphatic rings. The number of carbonyl (C=O) groups excluding carboxylic acids is 1. The zero-order valence-corrected chi connectivity index (χ0v) is 10.4. The molecule has 1 amide bonds. The van der Waals surface area contributed by atoms with Gasteiger partial charge in [-0.25, -0.2) is 0 Å². The lowest BCUT2D eigenvalue weighted by Crippen LogP contribution is -2.50. The number of morpholine rings is 1. The highest BCUT2D eigenvalue weighted by atomic mass is 32.2. The molecule has 0 aromatic heterocycles. The Balaban J connectivity index is 1.83. The number of hydrogen-bond acceptors (Lipinski definition) is 4. The van der Waals surface area contributed by atoms with E-state index in [-0.39, 0.29) is 18.6 Å². The summed E-state index contributed by atoms with van der Waals surface area (Å²) >= 11 is 2.01. The Labute approximate surface area is 101 Å². The first-order chi connectivity index (χ1) is 7.79. The third-order valence-corrected chi connectivity index (χ3v) is 4.50. The molecule has 5 heteroatoms. The van der Waals surface area contributed by atoms with Gasteiger partial charge in [0.15, 0.2) is 0 Å². The van der Waals surface area contributed by atoms with E-state index in [1.54, 1.807) is 0 Å². The van der Waals surface area contributed by atoms with Crippen LogP contribution in [0, 0.1) is 5.92 Å². The van der Waals surface area contributed by atoms with Gasteiger partial charge in [0.05, 0.1) is 6.10 Å². The van der Waals surface area contributed by atoms with Crippen LogP contribution in [0.4, 0.5) is 0 Å². The maximum Gasteiger partial charge on any atom is 0.248 e. The summed E-state index contributed by atoms with van der Waals surface area (Å²) in [5.74, 6) is 3.26. The van der Waals surface area contributed by atoms with Crippen LogP contribution in [0.15, 0.2) is 0 Å². The summed E-state index contributed by atoms with van der Waals surface area (Å²) in [5, 5.41) is 0. The SMILES string of the molecule is NCC1CN(CC2CCCSC2)C(=O)CO1. The third-order valence-electron chi connectivity index (χ3n) is 3.22. The van der Waals surface area contributed by atoms with Crippen LogP contribution in [-0.4, -0.2) is 54.7 Å². The molecular formula is C11H20N2O2S. The Morgan fingerprint density at radius 1 is 1.56 bits per heavy atom. The van der Waals surface area contributed by atoms with Crippen molar-refractivity contribution in [3.05, 3.63) is 0 Å². The van der Waals surface area contributed by atoms with Gasteiger partial charge in [0.1, 0.15) is 6.61 Å². The van der Waals surface area contributed by atoms with Crippen molar-refractivity contribution in [3.63, 3.8) is 0 Å². The van der Waals surface area contributed by atoms with Crippen LogP contribution in [0.1, 0.15) is 12.8 Å². The molecule has 0 saturated carbocycles. The maximum absolute atomic E-state index is 11.7. The molecule has 16 heavy (non-hydrogen) atoms. The molecule has 2 fully saturated rings. The van der Waals surface area contributed by atoms with Crippen molar-refractivity contribution < 1.29 is 9.53 Å². The van der Waals surface area contributed by atoms with Crippen molar-refractivity contribution in [1.82, 2.24) is 4.90 Å². The number of nitrogens with two attached hydrogens (primary N) is 1. The molecule has 2 unspecified atom stereocenters. The van der Waals surface area contributed by atoms with E-state index >= 15 is 0 Å². The average Bonchev–Trinajstić information content (AvgIpc) is 2.33. The minimum absolute atomic E-state index is 0.0361. The highest BCUT2D eigenvalue weighted by molar-refractivity contribution is 7.99. The van der Waals surface area contributed by atoms with Gasteiger partial charge in [0, 0.05) is 19.6 Å².